The molecular formula is C19H18N4O3. The Morgan fingerprint density at radius 1 is 1.15 bits per heavy atom. The van der Waals surface area contributed by atoms with E-state index in [1.54, 1.807) is 31.6 Å². The third-order valence-corrected chi connectivity index (χ3v) is 4.53. The molecule has 1 aliphatic heterocycles. The van der Waals surface area contributed by atoms with E-state index in [2.05, 4.69) is 15.2 Å². The molecule has 1 unspecified atom stereocenters. The van der Waals surface area contributed by atoms with Gasteiger partial charge < -0.3 is 14.1 Å². The summed E-state index contributed by atoms with van der Waals surface area (Å²) < 4.78 is 11.0. The molecule has 3 aromatic rings. The molecule has 132 valence electrons. The van der Waals surface area contributed by atoms with Crippen LogP contribution in [0.15, 0.2) is 53.2 Å². The largest absolute Gasteiger partial charge is 0.497 e. The van der Waals surface area contributed by atoms with Gasteiger partial charge in [-0.1, -0.05) is 0 Å². The van der Waals surface area contributed by atoms with Crippen molar-refractivity contribution in [3.8, 4) is 17.2 Å². The maximum atomic E-state index is 12.5. The summed E-state index contributed by atoms with van der Waals surface area (Å²) in [6.45, 7) is 1.25. The van der Waals surface area contributed by atoms with Gasteiger partial charge >= 0.3 is 0 Å². The average Bonchev–Trinajstić information content (AvgIpc) is 3.38. The first-order valence-electron chi connectivity index (χ1n) is 8.41. The lowest BCUT2D eigenvalue weighted by Crippen LogP contribution is -2.28. The van der Waals surface area contributed by atoms with Gasteiger partial charge in [-0.2, -0.15) is 0 Å². The lowest BCUT2D eigenvalue weighted by atomic mass is 10.1. The molecule has 1 aromatic carbocycles. The van der Waals surface area contributed by atoms with Crippen molar-refractivity contribution in [3.63, 3.8) is 0 Å². The zero-order chi connectivity index (χ0) is 17.9. The van der Waals surface area contributed by atoms with Crippen LogP contribution in [0.5, 0.6) is 5.75 Å². The number of benzene rings is 1. The fraction of sp³-hybridized carbons (Fsp3) is 0.263. The predicted molar refractivity (Wildman–Crippen MR) is 93.8 cm³/mol. The molecule has 2 aromatic heterocycles. The fourth-order valence-electron chi connectivity index (χ4n) is 3.07. The summed E-state index contributed by atoms with van der Waals surface area (Å²) >= 11 is 0. The average molecular weight is 350 g/mol. The first kappa shape index (κ1) is 16.3. The van der Waals surface area contributed by atoms with Gasteiger partial charge in [0.05, 0.1) is 13.0 Å². The number of hydrogen-bond acceptors (Lipinski definition) is 6. The molecule has 26 heavy (non-hydrogen) atoms. The van der Waals surface area contributed by atoms with Crippen molar-refractivity contribution in [3.05, 3.63) is 60.2 Å². The minimum Gasteiger partial charge on any atom is -0.497 e. The molecule has 1 atom stereocenters. The Labute approximate surface area is 150 Å². The molecule has 1 aliphatic rings. The highest BCUT2D eigenvalue weighted by Crippen LogP contribution is 2.29. The van der Waals surface area contributed by atoms with Crippen LogP contribution in [-0.4, -0.2) is 46.2 Å². The van der Waals surface area contributed by atoms with Crippen LogP contribution in [0, 0.1) is 0 Å². The Hall–Kier alpha value is -3.22. The van der Waals surface area contributed by atoms with Gasteiger partial charge in [-0.15, -0.1) is 10.2 Å². The van der Waals surface area contributed by atoms with E-state index in [0.29, 0.717) is 30.4 Å². The topological polar surface area (TPSA) is 81.4 Å². The molecule has 3 heterocycles. The van der Waals surface area contributed by atoms with Crippen molar-refractivity contribution in [2.75, 3.05) is 20.2 Å². The van der Waals surface area contributed by atoms with Crippen LogP contribution in [0.1, 0.15) is 28.6 Å². The second kappa shape index (κ2) is 6.95. The Balaban J connectivity index is 1.46. The second-order valence-electron chi connectivity index (χ2n) is 6.15. The highest BCUT2D eigenvalue weighted by molar-refractivity contribution is 5.94. The maximum absolute atomic E-state index is 12.5. The number of methoxy groups -OCH3 is 1. The van der Waals surface area contributed by atoms with Crippen molar-refractivity contribution in [2.45, 2.75) is 12.3 Å². The molecule has 7 nitrogen and oxygen atoms in total. The molecule has 0 bridgehead atoms. The Morgan fingerprint density at radius 2 is 1.92 bits per heavy atom. The molecule has 1 amide bonds. The van der Waals surface area contributed by atoms with E-state index in [1.807, 2.05) is 29.2 Å². The molecule has 0 saturated carbocycles. The third kappa shape index (κ3) is 3.15. The summed E-state index contributed by atoms with van der Waals surface area (Å²) in [7, 11) is 1.62. The minimum atomic E-state index is 0.00444. The van der Waals surface area contributed by atoms with Crippen molar-refractivity contribution in [1.82, 2.24) is 20.1 Å². The van der Waals surface area contributed by atoms with Crippen molar-refractivity contribution in [1.29, 1.82) is 0 Å². The Morgan fingerprint density at radius 3 is 2.65 bits per heavy atom. The van der Waals surface area contributed by atoms with Gasteiger partial charge in [0.25, 0.3) is 5.91 Å². The number of carbonyl (C=O) groups excluding carboxylic acids is 1. The molecule has 0 N–H and O–H groups in total. The summed E-state index contributed by atoms with van der Waals surface area (Å²) in [6, 6.07) is 10.9. The smallest absolute Gasteiger partial charge is 0.253 e. The van der Waals surface area contributed by atoms with E-state index in [9.17, 15) is 4.79 Å². The minimum absolute atomic E-state index is 0.00444. The van der Waals surface area contributed by atoms with Crippen LogP contribution in [0.2, 0.25) is 0 Å². The summed E-state index contributed by atoms with van der Waals surface area (Å²) in [5.41, 5.74) is 1.48. The maximum Gasteiger partial charge on any atom is 0.253 e. The summed E-state index contributed by atoms with van der Waals surface area (Å²) in [5, 5.41) is 8.33. The number of aromatic nitrogens is 3. The highest BCUT2D eigenvalue weighted by Gasteiger charge is 2.31. The van der Waals surface area contributed by atoms with E-state index < -0.39 is 0 Å². The normalized spacial score (nSPS) is 16.7. The van der Waals surface area contributed by atoms with Crippen LogP contribution in [0.25, 0.3) is 11.5 Å². The van der Waals surface area contributed by atoms with E-state index >= 15 is 0 Å². The van der Waals surface area contributed by atoms with Gasteiger partial charge in [0, 0.05) is 36.6 Å². The molecular weight excluding hydrogens is 332 g/mol. The second-order valence-corrected chi connectivity index (χ2v) is 6.15. The number of nitrogens with zero attached hydrogens (tertiary/aromatic N) is 4. The van der Waals surface area contributed by atoms with Crippen LogP contribution in [0.3, 0.4) is 0 Å². The van der Waals surface area contributed by atoms with Crippen molar-refractivity contribution < 1.29 is 13.9 Å². The number of hydrogen-bond donors (Lipinski definition) is 0. The monoisotopic (exact) mass is 350 g/mol. The van der Waals surface area contributed by atoms with Gasteiger partial charge in [0.15, 0.2) is 0 Å². The van der Waals surface area contributed by atoms with Gasteiger partial charge in [-0.3, -0.25) is 9.78 Å². The number of pyridine rings is 1. The van der Waals surface area contributed by atoms with Gasteiger partial charge in [0.2, 0.25) is 11.8 Å². The first-order valence-corrected chi connectivity index (χ1v) is 8.41. The van der Waals surface area contributed by atoms with Crippen LogP contribution in [-0.2, 0) is 0 Å². The quantitative estimate of drug-likeness (QED) is 0.720. The molecule has 0 radical (unpaired) electrons. The van der Waals surface area contributed by atoms with Crippen LogP contribution < -0.4 is 4.74 Å². The highest BCUT2D eigenvalue weighted by atomic mass is 16.5. The SMILES string of the molecule is COc1ccc(-c2nnc(C3CCN(C(=O)c4ccncc4)C3)o2)cc1. The van der Waals surface area contributed by atoms with Crippen molar-refractivity contribution >= 4 is 5.91 Å². The molecule has 1 saturated heterocycles. The molecule has 4 rings (SSSR count). The molecule has 0 spiro atoms. The number of carbonyl (C=O) groups is 1. The number of likely N-dealkylation sites (tertiary alicyclic amines) is 1. The standard InChI is InChI=1S/C19H18N4O3/c1-25-16-4-2-13(3-5-16)17-21-22-18(26-17)15-8-11-23(12-15)19(24)14-6-9-20-10-7-14/h2-7,9-10,15H,8,11-12H2,1H3. The van der Waals surface area contributed by atoms with Crippen LogP contribution >= 0.6 is 0 Å². The van der Waals surface area contributed by atoms with Gasteiger partial charge in [-0.25, -0.2) is 0 Å². The molecule has 7 heteroatoms. The zero-order valence-electron chi connectivity index (χ0n) is 14.3. The summed E-state index contributed by atoms with van der Waals surface area (Å²) in [4.78, 5) is 18.3. The first-order chi connectivity index (χ1) is 12.7. The van der Waals surface area contributed by atoms with Crippen molar-refractivity contribution in [2.24, 2.45) is 0 Å². The predicted octanol–water partition coefficient (Wildman–Crippen LogP) is 2.77. The molecule has 1 fully saturated rings. The number of rotatable bonds is 4. The van der Waals surface area contributed by atoms with E-state index in [1.165, 1.54) is 0 Å². The van der Waals surface area contributed by atoms with Gasteiger partial charge in [-0.05, 0) is 42.8 Å². The third-order valence-electron chi connectivity index (χ3n) is 4.53. The lowest BCUT2D eigenvalue weighted by Gasteiger charge is -2.15. The zero-order valence-corrected chi connectivity index (χ0v) is 14.3. The van der Waals surface area contributed by atoms with Gasteiger partial charge in [0.1, 0.15) is 5.75 Å². The summed E-state index contributed by atoms with van der Waals surface area (Å²) in [5.74, 6) is 1.88. The lowest BCUT2D eigenvalue weighted by molar-refractivity contribution is 0.0790. The summed E-state index contributed by atoms with van der Waals surface area (Å²) in [6.07, 6.45) is 4.06. The Bertz CT molecular complexity index is 893. The molecule has 0 aliphatic carbocycles. The Kier molecular flexibility index (Phi) is 4.35. The van der Waals surface area contributed by atoms with E-state index in [4.69, 9.17) is 9.15 Å². The van der Waals surface area contributed by atoms with Crippen LogP contribution in [0.4, 0.5) is 0 Å². The van der Waals surface area contributed by atoms with E-state index in [0.717, 1.165) is 17.7 Å². The van der Waals surface area contributed by atoms with E-state index in [-0.39, 0.29) is 11.8 Å². The fourth-order valence-corrected chi connectivity index (χ4v) is 3.07. The number of ether oxygens (including phenoxy) is 1. The number of amides is 1.